The molecule has 0 aromatic carbocycles. The summed E-state index contributed by atoms with van der Waals surface area (Å²) in [5.74, 6) is 0.114. The van der Waals surface area contributed by atoms with Crippen LogP contribution in [0.15, 0.2) is 6.07 Å². The molecule has 1 aromatic rings. The van der Waals surface area contributed by atoms with Crippen LogP contribution in [0.5, 0.6) is 5.75 Å². The third-order valence-corrected chi connectivity index (χ3v) is 1.82. The Kier molecular flexibility index (Phi) is 3.39. The Bertz CT molecular complexity index is 401. The lowest BCUT2D eigenvalue weighted by Crippen LogP contribution is -2.04. The van der Waals surface area contributed by atoms with Gasteiger partial charge in [0, 0.05) is 11.6 Å². The van der Waals surface area contributed by atoms with Crippen molar-refractivity contribution in [3.05, 3.63) is 17.3 Å². The average Bonchev–Trinajstić information content (AvgIpc) is 2.19. The number of nitrogens with zero attached hydrogens (tertiary/aromatic N) is 2. The van der Waals surface area contributed by atoms with Gasteiger partial charge in [0.2, 0.25) is 0 Å². The highest BCUT2D eigenvalue weighted by atomic mass is 19.3. The van der Waals surface area contributed by atoms with Crippen LogP contribution < -0.4 is 10.5 Å². The Balaban J connectivity index is 3.34. The maximum absolute atomic E-state index is 12.6. The Morgan fingerprint density at radius 3 is 2.80 bits per heavy atom. The van der Waals surface area contributed by atoms with Crippen molar-refractivity contribution in [1.29, 1.82) is 5.26 Å². The first-order chi connectivity index (χ1) is 7.10. The van der Waals surface area contributed by atoms with E-state index in [1.54, 1.807) is 6.07 Å². The van der Waals surface area contributed by atoms with Crippen LogP contribution in [0.2, 0.25) is 0 Å². The lowest BCUT2D eigenvalue weighted by Gasteiger charge is -2.11. The van der Waals surface area contributed by atoms with Gasteiger partial charge in [0.15, 0.2) is 0 Å². The minimum absolute atomic E-state index is 0.0520. The van der Waals surface area contributed by atoms with Crippen LogP contribution in [-0.2, 0) is 6.42 Å². The summed E-state index contributed by atoms with van der Waals surface area (Å²) in [6.45, 7) is 0. The number of nitriles is 1. The van der Waals surface area contributed by atoms with Gasteiger partial charge in [-0.05, 0) is 0 Å². The fraction of sp³-hybridized carbons (Fsp3) is 0.333. The molecule has 0 amide bonds. The van der Waals surface area contributed by atoms with E-state index in [9.17, 15) is 8.78 Å². The summed E-state index contributed by atoms with van der Waals surface area (Å²) in [5.41, 5.74) is 4.93. The zero-order chi connectivity index (χ0) is 11.4. The topological polar surface area (TPSA) is 71.9 Å². The molecule has 80 valence electrons. The molecule has 6 heteroatoms. The van der Waals surface area contributed by atoms with Crippen LogP contribution >= 0.6 is 0 Å². The van der Waals surface area contributed by atoms with Crippen LogP contribution in [0.3, 0.4) is 0 Å². The average molecular weight is 213 g/mol. The largest absolute Gasteiger partial charge is 0.496 e. The number of halogens is 2. The van der Waals surface area contributed by atoms with Crippen LogP contribution in [0.1, 0.15) is 17.7 Å². The van der Waals surface area contributed by atoms with E-state index < -0.39 is 12.1 Å². The molecule has 1 rings (SSSR count). The SMILES string of the molecule is COc1cc(N)nc(C(F)F)c1CC#N. The van der Waals surface area contributed by atoms with Crippen molar-refractivity contribution >= 4 is 5.82 Å². The summed E-state index contributed by atoms with van der Waals surface area (Å²) in [6.07, 6.45) is -2.96. The van der Waals surface area contributed by atoms with Gasteiger partial charge in [-0.1, -0.05) is 0 Å². The van der Waals surface area contributed by atoms with Crippen LogP contribution in [0, 0.1) is 11.3 Å². The number of methoxy groups -OCH3 is 1. The van der Waals surface area contributed by atoms with Crippen LogP contribution in [-0.4, -0.2) is 12.1 Å². The lowest BCUT2D eigenvalue weighted by atomic mass is 10.1. The fourth-order valence-electron chi connectivity index (χ4n) is 1.21. The molecule has 1 aromatic heterocycles. The van der Waals surface area contributed by atoms with Crippen molar-refractivity contribution in [2.45, 2.75) is 12.8 Å². The van der Waals surface area contributed by atoms with Gasteiger partial charge in [0.25, 0.3) is 6.43 Å². The van der Waals surface area contributed by atoms with Gasteiger partial charge in [0.05, 0.1) is 19.6 Å². The molecule has 0 fully saturated rings. The standard InChI is InChI=1S/C9H9F2N3O/c1-15-6-4-7(13)14-8(9(10)11)5(6)2-3-12/h4,9H,2H2,1H3,(H2,13,14). The first-order valence-electron chi connectivity index (χ1n) is 4.08. The summed E-state index contributed by atoms with van der Waals surface area (Å²) < 4.78 is 30.0. The molecular weight excluding hydrogens is 204 g/mol. The number of rotatable bonds is 3. The minimum Gasteiger partial charge on any atom is -0.496 e. The van der Waals surface area contributed by atoms with Gasteiger partial charge in [-0.25, -0.2) is 13.8 Å². The van der Waals surface area contributed by atoms with E-state index >= 15 is 0 Å². The number of hydrogen-bond acceptors (Lipinski definition) is 4. The highest BCUT2D eigenvalue weighted by molar-refractivity contribution is 5.47. The Labute approximate surface area is 85.3 Å². The van der Waals surface area contributed by atoms with Gasteiger partial charge in [-0.2, -0.15) is 5.26 Å². The molecule has 0 aliphatic heterocycles. The van der Waals surface area contributed by atoms with E-state index in [0.717, 1.165) is 0 Å². The second-order valence-corrected chi connectivity index (χ2v) is 2.75. The smallest absolute Gasteiger partial charge is 0.280 e. The highest BCUT2D eigenvalue weighted by Gasteiger charge is 2.19. The predicted octanol–water partition coefficient (Wildman–Crippen LogP) is 1.68. The maximum atomic E-state index is 12.6. The zero-order valence-corrected chi connectivity index (χ0v) is 8.00. The summed E-state index contributed by atoms with van der Waals surface area (Å²) in [4.78, 5) is 3.50. The predicted molar refractivity (Wildman–Crippen MR) is 49.5 cm³/mol. The molecule has 0 aliphatic rings. The zero-order valence-electron chi connectivity index (χ0n) is 8.00. The number of hydrogen-bond donors (Lipinski definition) is 1. The summed E-state index contributed by atoms with van der Waals surface area (Å²) in [5, 5.41) is 8.51. The van der Waals surface area contributed by atoms with E-state index in [2.05, 4.69) is 4.98 Å². The van der Waals surface area contributed by atoms with Gasteiger partial charge in [0.1, 0.15) is 17.3 Å². The summed E-state index contributed by atoms with van der Waals surface area (Å²) in [7, 11) is 1.32. The molecule has 0 bridgehead atoms. The monoisotopic (exact) mass is 213 g/mol. The third-order valence-electron chi connectivity index (χ3n) is 1.82. The minimum atomic E-state index is -2.77. The van der Waals surface area contributed by atoms with E-state index in [-0.39, 0.29) is 23.6 Å². The molecule has 0 spiro atoms. The molecule has 0 saturated carbocycles. The van der Waals surface area contributed by atoms with Gasteiger partial charge in [-0.3, -0.25) is 0 Å². The number of anilines is 1. The summed E-state index contributed by atoms with van der Waals surface area (Å²) >= 11 is 0. The number of aromatic nitrogens is 1. The highest BCUT2D eigenvalue weighted by Crippen LogP contribution is 2.30. The maximum Gasteiger partial charge on any atom is 0.280 e. The van der Waals surface area contributed by atoms with Crippen molar-refractivity contribution in [2.24, 2.45) is 0 Å². The Morgan fingerprint density at radius 2 is 2.33 bits per heavy atom. The van der Waals surface area contributed by atoms with Gasteiger partial charge in [-0.15, -0.1) is 0 Å². The van der Waals surface area contributed by atoms with Crippen LogP contribution in [0.4, 0.5) is 14.6 Å². The molecule has 1 heterocycles. The van der Waals surface area contributed by atoms with Crippen molar-refractivity contribution in [1.82, 2.24) is 4.98 Å². The molecule has 0 aliphatic carbocycles. The van der Waals surface area contributed by atoms with E-state index in [4.69, 9.17) is 15.7 Å². The Morgan fingerprint density at radius 1 is 1.67 bits per heavy atom. The lowest BCUT2D eigenvalue weighted by molar-refractivity contribution is 0.144. The van der Waals surface area contributed by atoms with Crippen molar-refractivity contribution < 1.29 is 13.5 Å². The second kappa shape index (κ2) is 4.55. The first kappa shape index (κ1) is 11.2. The number of nitrogen functional groups attached to an aromatic ring is 1. The number of ether oxygens (including phenoxy) is 1. The second-order valence-electron chi connectivity index (χ2n) is 2.75. The van der Waals surface area contributed by atoms with Crippen molar-refractivity contribution in [3.63, 3.8) is 0 Å². The van der Waals surface area contributed by atoms with Crippen molar-refractivity contribution in [3.8, 4) is 11.8 Å². The van der Waals surface area contributed by atoms with E-state index in [1.165, 1.54) is 13.2 Å². The molecule has 2 N–H and O–H groups in total. The quantitative estimate of drug-likeness (QED) is 0.828. The van der Waals surface area contributed by atoms with Crippen molar-refractivity contribution in [2.75, 3.05) is 12.8 Å². The number of alkyl halides is 2. The fourth-order valence-corrected chi connectivity index (χ4v) is 1.21. The molecule has 0 unspecified atom stereocenters. The van der Waals surface area contributed by atoms with Gasteiger partial charge < -0.3 is 10.5 Å². The summed E-state index contributed by atoms with van der Waals surface area (Å²) in [6, 6.07) is 3.10. The Hall–Kier alpha value is -1.90. The first-order valence-corrected chi connectivity index (χ1v) is 4.08. The number of nitrogens with two attached hydrogens (primary N) is 1. The number of pyridine rings is 1. The molecular formula is C9H9F2N3O. The van der Waals surface area contributed by atoms with Gasteiger partial charge >= 0.3 is 0 Å². The molecule has 0 radical (unpaired) electrons. The van der Waals surface area contributed by atoms with E-state index in [1.807, 2.05) is 0 Å². The molecule has 0 atom stereocenters. The third kappa shape index (κ3) is 2.31. The molecule has 15 heavy (non-hydrogen) atoms. The van der Waals surface area contributed by atoms with Crippen LogP contribution in [0.25, 0.3) is 0 Å². The normalized spacial score (nSPS) is 10.1. The molecule has 4 nitrogen and oxygen atoms in total. The van der Waals surface area contributed by atoms with E-state index in [0.29, 0.717) is 0 Å². The molecule has 0 saturated heterocycles.